The van der Waals surface area contributed by atoms with Gasteiger partial charge in [-0.05, 0) is 45.4 Å². The van der Waals surface area contributed by atoms with Crippen LogP contribution in [0.1, 0.15) is 44.2 Å². The van der Waals surface area contributed by atoms with Gasteiger partial charge in [0.15, 0.2) is 5.13 Å². The number of aryl methyl sites for hydroxylation is 1. The zero-order valence-corrected chi connectivity index (χ0v) is 18.0. The number of fused-ring (bicyclic) bond motifs is 2. The SMILES string of the molecule is Cc1csc(N2CCC(C(=O)N(C)C3CC4CCC(C3)N4)CC2)n1.Cl.Cl. The van der Waals surface area contributed by atoms with Crippen molar-refractivity contribution in [2.45, 2.75) is 63.6 Å². The smallest absolute Gasteiger partial charge is 0.225 e. The molecule has 1 aromatic rings. The van der Waals surface area contributed by atoms with E-state index in [9.17, 15) is 4.79 Å². The van der Waals surface area contributed by atoms with Crippen molar-refractivity contribution < 1.29 is 4.79 Å². The highest BCUT2D eigenvalue weighted by atomic mass is 35.5. The van der Waals surface area contributed by atoms with E-state index in [2.05, 4.69) is 25.5 Å². The zero-order chi connectivity index (χ0) is 16.7. The van der Waals surface area contributed by atoms with Crippen LogP contribution in [0.25, 0.3) is 0 Å². The van der Waals surface area contributed by atoms with Crippen molar-refractivity contribution in [3.63, 3.8) is 0 Å². The number of amides is 1. The molecule has 0 aliphatic carbocycles. The van der Waals surface area contributed by atoms with Crippen molar-refractivity contribution in [3.05, 3.63) is 11.1 Å². The second-order valence-corrected chi connectivity index (χ2v) is 8.58. The molecule has 2 bridgehead atoms. The minimum atomic E-state index is 0. The first kappa shape index (κ1) is 21.7. The third-order valence-corrected chi connectivity index (χ3v) is 7.08. The van der Waals surface area contributed by atoms with Crippen molar-refractivity contribution in [2.24, 2.45) is 5.92 Å². The van der Waals surface area contributed by atoms with Crippen molar-refractivity contribution in [1.29, 1.82) is 0 Å². The van der Waals surface area contributed by atoms with E-state index >= 15 is 0 Å². The van der Waals surface area contributed by atoms with E-state index in [1.54, 1.807) is 11.3 Å². The number of halogens is 2. The fourth-order valence-electron chi connectivity index (χ4n) is 4.62. The lowest BCUT2D eigenvalue weighted by molar-refractivity contribution is -0.137. The number of anilines is 1. The molecule has 148 valence electrons. The Balaban J connectivity index is 0.00000121. The Morgan fingerprint density at radius 1 is 1.19 bits per heavy atom. The second-order valence-electron chi connectivity index (χ2n) is 7.75. The molecule has 4 heterocycles. The Labute approximate surface area is 172 Å². The molecule has 5 nitrogen and oxygen atoms in total. The van der Waals surface area contributed by atoms with Crippen molar-refractivity contribution in [2.75, 3.05) is 25.0 Å². The van der Waals surface area contributed by atoms with Crippen LogP contribution in [0.15, 0.2) is 5.38 Å². The topological polar surface area (TPSA) is 48.5 Å². The van der Waals surface area contributed by atoms with E-state index in [0.29, 0.717) is 24.0 Å². The molecule has 26 heavy (non-hydrogen) atoms. The zero-order valence-electron chi connectivity index (χ0n) is 15.5. The maximum Gasteiger partial charge on any atom is 0.225 e. The number of carbonyl (C=O) groups is 1. The van der Waals surface area contributed by atoms with E-state index in [-0.39, 0.29) is 30.7 Å². The highest BCUT2D eigenvalue weighted by molar-refractivity contribution is 7.13. The minimum absolute atomic E-state index is 0. The fraction of sp³-hybridized carbons (Fsp3) is 0.778. The number of thiazole rings is 1. The Hall–Kier alpha value is -0.560. The molecular formula is C18H30Cl2N4OS. The standard InChI is InChI=1S/C18H28N4OS.2ClH/c1-12-11-24-18(19-12)22-7-5-13(6-8-22)17(23)21(2)16-9-14-3-4-15(10-16)20-14;;/h11,13-16,20H,3-10H2,1-2H3;2*1H. The Morgan fingerprint density at radius 2 is 1.81 bits per heavy atom. The summed E-state index contributed by atoms with van der Waals surface area (Å²) in [6.07, 6.45) is 6.76. The number of nitrogens with zero attached hydrogens (tertiary/aromatic N) is 3. The molecule has 0 spiro atoms. The number of aromatic nitrogens is 1. The van der Waals surface area contributed by atoms with Crippen LogP contribution in [-0.4, -0.2) is 54.1 Å². The molecule has 3 saturated heterocycles. The lowest BCUT2D eigenvalue weighted by Crippen LogP contribution is -2.51. The Kier molecular flexibility index (Phi) is 7.60. The maximum absolute atomic E-state index is 13.0. The van der Waals surface area contributed by atoms with Crippen LogP contribution in [0.2, 0.25) is 0 Å². The van der Waals surface area contributed by atoms with Crippen LogP contribution in [0, 0.1) is 12.8 Å². The lowest BCUT2D eigenvalue weighted by Gasteiger charge is -2.39. The summed E-state index contributed by atoms with van der Waals surface area (Å²) in [5, 5.41) is 6.88. The van der Waals surface area contributed by atoms with Gasteiger partial charge in [-0.25, -0.2) is 4.98 Å². The van der Waals surface area contributed by atoms with E-state index in [1.165, 1.54) is 12.8 Å². The van der Waals surface area contributed by atoms with Gasteiger partial charge >= 0.3 is 0 Å². The van der Waals surface area contributed by atoms with Gasteiger partial charge in [0.2, 0.25) is 5.91 Å². The molecule has 3 aliphatic heterocycles. The molecule has 3 aliphatic rings. The molecule has 1 aromatic heterocycles. The van der Waals surface area contributed by atoms with Crippen LogP contribution >= 0.6 is 36.2 Å². The van der Waals surface area contributed by atoms with Gasteiger partial charge in [-0.15, -0.1) is 36.2 Å². The maximum atomic E-state index is 13.0. The molecule has 2 atom stereocenters. The minimum Gasteiger partial charge on any atom is -0.348 e. The van der Waals surface area contributed by atoms with Gasteiger partial charge in [-0.3, -0.25) is 4.79 Å². The van der Waals surface area contributed by atoms with Gasteiger partial charge in [0.25, 0.3) is 0 Å². The first-order valence-corrected chi connectivity index (χ1v) is 10.2. The van der Waals surface area contributed by atoms with E-state index in [4.69, 9.17) is 0 Å². The predicted molar refractivity (Wildman–Crippen MR) is 112 cm³/mol. The number of carbonyl (C=O) groups excluding carboxylic acids is 1. The van der Waals surface area contributed by atoms with E-state index in [0.717, 1.165) is 49.6 Å². The van der Waals surface area contributed by atoms with E-state index < -0.39 is 0 Å². The van der Waals surface area contributed by atoms with Crippen molar-refractivity contribution in [1.82, 2.24) is 15.2 Å². The molecule has 1 N–H and O–H groups in total. The van der Waals surface area contributed by atoms with Crippen LogP contribution in [0.4, 0.5) is 5.13 Å². The van der Waals surface area contributed by atoms with Gasteiger partial charge in [-0.1, -0.05) is 0 Å². The predicted octanol–water partition coefficient (Wildman–Crippen LogP) is 3.25. The third-order valence-electron chi connectivity index (χ3n) is 6.07. The summed E-state index contributed by atoms with van der Waals surface area (Å²) < 4.78 is 0. The first-order chi connectivity index (χ1) is 11.6. The van der Waals surface area contributed by atoms with Crippen LogP contribution in [-0.2, 0) is 4.79 Å². The first-order valence-electron chi connectivity index (χ1n) is 9.30. The summed E-state index contributed by atoms with van der Waals surface area (Å²) >= 11 is 1.71. The van der Waals surface area contributed by atoms with Crippen LogP contribution in [0.5, 0.6) is 0 Å². The molecule has 1 amide bonds. The summed E-state index contributed by atoms with van der Waals surface area (Å²) in [6.45, 7) is 3.95. The molecule has 2 unspecified atom stereocenters. The summed E-state index contributed by atoms with van der Waals surface area (Å²) in [5.74, 6) is 0.566. The average molecular weight is 421 g/mol. The summed E-state index contributed by atoms with van der Waals surface area (Å²) in [5.41, 5.74) is 1.09. The summed E-state index contributed by atoms with van der Waals surface area (Å²) in [4.78, 5) is 22.0. The number of hydrogen-bond donors (Lipinski definition) is 1. The average Bonchev–Trinajstić information content (AvgIpc) is 3.18. The van der Waals surface area contributed by atoms with Gasteiger partial charge in [0.1, 0.15) is 0 Å². The molecule has 0 saturated carbocycles. The van der Waals surface area contributed by atoms with Gasteiger partial charge in [0.05, 0.1) is 5.69 Å². The number of hydrogen-bond acceptors (Lipinski definition) is 5. The Morgan fingerprint density at radius 3 is 2.35 bits per heavy atom. The quantitative estimate of drug-likeness (QED) is 0.814. The molecule has 8 heteroatoms. The summed E-state index contributed by atoms with van der Waals surface area (Å²) in [6, 6.07) is 1.72. The second kappa shape index (κ2) is 9.09. The molecule has 4 rings (SSSR count). The normalized spacial score (nSPS) is 28.2. The van der Waals surface area contributed by atoms with E-state index in [1.807, 2.05) is 14.0 Å². The van der Waals surface area contributed by atoms with Crippen molar-refractivity contribution in [3.8, 4) is 0 Å². The lowest BCUT2D eigenvalue weighted by atomic mass is 9.92. The highest BCUT2D eigenvalue weighted by Crippen LogP contribution is 2.31. The third kappa shape index (κ3) is 4.46. The van der Waals surface area contributed by atoms with Crippen LogP contribution < -0.4 is 10.2 Å². The Bertz CT molecular complexity index is 594. The monoisotopic (exact) mass is 420 g/mol. The highest BCUT2D eigenvalue weighted by Gasteiger charge is 2.38. The van der Waals surface area contributed by atoms with Crippen molar-refractivity contribution >= 4 is 47.2 Å². The molecule has 3 fully saturated rings. The summed E-state index contributed by atoms with van der Waals surface area (Å²) in [7, 11) is 2.04. The fourth-order valence-corrected chi connectivity index (χ4v) is 5.47. The number of nitrogens with one attached hydrogen (secondary N) is 1. The van der Waals surface area contributed by atoms with Gasteiger partial charge in [0, 0.05) is 49.6 Å². The number of rotatable bonds is 3. The van der Waals surface area contributed by atoms with Gasteiger partial charge in [-0.2, -0.15) is 0 Å². The molecular weight excluding hydrogens is 391 g/mol. The largest absolute Gasteiger partial charge is 0.348 e. The van der Waals surface area contributed by atoms with Gasteiger partial charge < -0.3 is 15.1 Å². The molecule has 0 aromatic carbocycles. The molecule has 0 radical (unpaired) electrons. The number of piperidine rings is 2. The van der Waals surface area contributed by atoms with Crippen LogP contribution in [0.3, 0.4) is 0 Å².